The lowest BCUT2D eigenvalue weighted by Crippen LogP contribution is -2.20. The van der Waals surface area contributed by atoms with E-state index in [1.807, 2.05) is 6.92 Å². The number of hydrogen-bond donors (Lipinski definition) is 1. The Labute approximate surface area is 117 Å². The first-order valence-corrected chi connectivity index (χ1v) is 7.17. The molecule has 0 saturated heterocycles. The summed E-state index contributed by atoms with van der Waals surface area (Å²) in [6.45, 7) is 11.1. The molecule has 0 fully saturated rings. The molecule has 0 unspecified atom stereocenters. The van der Waals surface area contributed by atoms with E-state index in [0.29, 0.717) is 25.7 Å². The van der Waals surface area contributed by atoms with E-state index >= 15 is 0 Å². The zero-order chi connectivity index (χ0) is 13.9. The van der Waals surface area contributed by atoms with Crippen LogP contribution in [-0.4, -0.2) is 26.4 Å². The molecule has 19 heavy (non-hydrogen) atoms. The summed E-state index contributed by atoms with van der Waals surface area (Å²) in [5, 5.41) is 3.47. The van der Waals surface area contributed by atoms with Gasteiger partial charge in [-0.25, -0.2) is 0 Å². The molecular weight excluding hydrogens is 238 g/mol. The lowest BCUT2D eigenvalue weighted by Gasteiger charge is -2.12. The molecule has 0 bridgehead atoms. The summed E-state index contributed by atoms with van der Waals surface area (Å²) in [6, 6.07) is 8.44. The minimum absolute atomic E-state index is 0.654. The van der Waals surface area contributed by atoms with E-state index in [0.717, 1.165) is 19.7 Å². The molecular formula is C16H27NO2. The van der Waals surface area contributed by atoms with Crippen LogP contribution in [-0.2, 0) is 22.6 Å². The summed E-state index contributed by atoms with van der Waals surface area (Å²) in [4.78, 5) is 0. The van der Waals surface area contributed by atoms with Crippen molar-refractivity contribution in [2.45, 2.75) is 33.9 Å². The molecule has 3 nitrogen and oxygen atoms in total. The van der Waals surface area contributed by atoms with Crippen LogP contribution in [0.4, 0.5) is 0 Å². The Morgan fingerprint density at radius 2 is 1.74 bits per heavy atom. The van der Waals surface area contributed by atoms with Crippen LogP contribution < -0.4 is 5.32 Å². The number of hydrogen-bond acceptors (Lipinski definition) is 3. The van der Waals surface area contributed by atoms with Gasteiger partial charge >= 0.3 is 0 Å². The quantitative estimate of drug-likeness (QED) is 0.660. The molecule has 0 aromatic heterocycles. The van der Waals surface area contributed by atoms with Gasteiger partial charge in [0.15, 0.2) is 0 Å². The first kappa shape index (κ1) is 16.2. The summed E-state index contributed by atoms with van der Waals surface area (Å²) in [7, 11) is 0. The van der Waals surface area contributed by atoms with Gasteiger partial charge in [-0.3, -0.25) is 0 Å². The second kappa shape index (κ2) is 9.96. The van der Waals surface area contributed by atoms with Crippen molar-refractivity contribution in [3.63, 3.8) is 0 Å². The molecule has 1 aromatic carbocycles. The van der Waals surface area contributed by atoms with E-state index in [-0.39, 0.29) is 0 Å². The standard InChI is InChI=1S/C16H27NO2/c1-4-18-9-10-19-13-16-8-6-5-7-15(16)12-17-11-14(2)3/h5-8,14,17H,4,9-13H2,1-3H3. The Morgan fingerprint density at radius 3 is 2.42 bits per heavy atom. The maximum Gasteiger partial charge on any atom is 0.0721 e. The Kier molecular flexibility index (Phi) is 8.47. The topological polar surface area (TPSA) is 30.5 Å². The minimum atomic E-state index is 0.654. The van der Waals surface area contributed by atoms with Crippen molar-refractivity contribution in [1.82, 2.24) is 5.32 Å². The van der Waals surface area contributed by atoms with E-state index in [4.69, 9.17) is 9.47 Å². The molecule has 1 rings (SSSR count). The molecule has 0 heterocycles. The summed E-state index contributed by atoms with van der Waals surface area (Å²) < 4.78 is 10.9. The normalized spacial score (nSPS) is 11.2. The molecule has 108 valence electrons. The van der Waals surface area contributed by atoms with E-state index in [2.05, 4.69) is 43.4 Å². The Morgan fingerprint density at radius 1 is 1.05 bits per heavy atom. The molecule has 0 radical (unpaired) electrons. The molecule has 0 atom stereocenters. The number of rotatable bonds is 10. The zero-order valence-corrected chi connectivity index (χ0v) is 12.4. The van der Waals surface area contributed by atoms with Crippen LogP contribution in [0.1, 0.15) is 31.9 Å². The third-order valence-corrected chi connectivity index (χ3v) is 2.82. The molecule has 1 aromatic rings. The molecule has 1 N–H and O–H groups in total. The largest absolute Gasteiger partial charge is 0.379 e. The van der Waals surface area contributed by atoms with E-state index in [1.165, 1.54) is 11.1 Å². The number of benzene rings is 1. The Hall–Kier alpha value is -0.900. The highest BCUT2D eigenvalue weighted by Crippen LogP contribution is 2.10. The van der Waals surface area contributed by atoms with E-state index in [9.17, 15) is 0 Å². The smallest absolute Gasteiger partial charge is 0.0721 e. The summed E-state index contributed by atoms with van der Waals surface area (Å²) in [6.07, 6.45) is 0. The lowest BCUT2D eigenvalue weighted by atomic mass is 10.1. The minimum Gasteiger partial charge on any atom is -0.379 e. The van der Waals surface area contributed by atoms with Crippen molar-refractivity contribution >= 4 is 0 Å². The van der Waals surface area contributed by atoms with Gasteiger partial charge in [0.2, 0.25) is 0 Å². The first-order valence-electron chi connectivity index (χ1n) is 7.17. The fourth-order valence-electron chi connectivity index (χ4n) is 1.81. The second-order valence-electron chi connectivity index (χ2n) is 5.04. The molecule has 0 aliphatic heterocycles. The van der Waals surface area contributed by atoms with Crippen molar-refractivity contribution in [2.24, 2.45) is 5.92 Å². The monoisotopic (exact) mass is 265 g/mol. The van der Waals surface area contributed by atoms with Gasteiger partial charge in [-0.15, -0.1) is 0 Å². The van der Waals surface area contributed by atoms with Crippen molar-refractivity contribution in [3.8, 4) is 0 Å². The summed E-state index contributed by atoms with van der Waals surface area (Å²) in [5.74, 6) is 0.676. The van der Waals surface area contributed by atoms with Gasteiger partial charge in [0.1, 0.15) is 0 Å². The molecule has 0 spiro atoms. The fraction of sp³-hybridized carbons (Fsp3) is 0.625. The molecule has 0 aliphatic carbocycles. The van der Waals surface area contributed by atoms with Crippen molar-refractivity contribution in [2.75, 3.05) is 26.4 Å². The number of ether oxygens (including phenoxy) is 2. The van der Waals surface area contributed by atoms with E-state index in [1.54, 1.807) is 0 Å². The van der Waals surface area contributed by atoms with Gasteiger partial charge < -0.3 is 14.8 Å². The molecule has 3 heteroatoms. The molecule has 0 amide bonds. The average molecular weight is 265 g/mol. The third kappa shape index (κ3) is 7.31. The maximum atomic E-state index is 5.64. The van der Waals surface area contributed by atoms with Crippen LogP contribution in [0, 0.1) is 5.92 Å². The maximum absolute atomic E-state index is 5.64. The van der Waals surface area contributed by atoms with Gasteiger partial charge in [0, 0.05) is 13.2 Å². The van der Waals surface area contributed by atoms with Gasteiger partial charge in [0.25, 0.3) is 0 Å². The SMILES string of the molecule is CCOCCOCc1ccccc1CNCC(C)C. The van der Waals surface area contributed by atoms with Crippen LogP contribution in [0.3, 0.4) is 0 Å². The highest BCUT2D eigenvalue weighted by molar-refractivity contribution is 5.26. The van der Waals surface area contributed by atoms with Crippen LogP contribution in [0.2, 0.25) is 0 Å². The van der Waals surface area contributed by atoms with Gasteiger partial charge in [-0.05, 0) is 30.5 Å². The fourth-order valence-corrected chi connectivity index (χ4v) is 1.81. The third-order valence-electron chi connectivity index (χ3n) is 2.82. The van der Waals surface area contributed by atoms with Crippen LogP contribution >= 0.6 is 0 Å². The predicted octanol–water partition coefficient (Wildman–Crippen LogP) is 2.99. The molecule has 0 aliphatic rings. The van der Waals surface area contributed by atoms with Crippen molar-refractivity contribution in [3.05, 3.63) is 35.4 Å². The van der Waals surface area contributed by atoms with Crippen molar-refractivity contribution < 1.29 is 9.47 Å². The summed E-state index contributed by atoms with van der Waals surface area (Å²) >= 11 is 0. The van der Waals surface area contributed by atoms with Crippen molar-refractivity contribution in [1.29, 1.82) is 0 Å². The lowest BCUT2D eigenvalue weighted by molar-refractivity contribution is 0.0450. The average Bonchev–Trinajstić information content (AvgIpc) is 2.40. The Balaban J connectivity index is 2.35. The van der Waals surface area contributed by atoms with E-state index < -0.39 is 0 Å². The highest BCUT2D eigenvalue weighted by Gasteiger charge is 2.02. The van der Waals surface area contributed by atoms with Crippen LogP contribution in [0.25, 0.3) is 0 Å². The predicted molar refractivity (Wildman–Crippen MR) is 79.1 cm³/mol. The Bertz CT molecular complexity index is 339. The zero-order valence-electron chi connectivity index (χ0n) is 12.4. The molecule has 0 saturated carbocycles. The highest BCUT2D eigenvalue weighted by atomic mass is 16.5. The van der Waals surface area contributed by atoms with Crippen LogP contribution in [0.15, 0.2) is 24.3 Å². The van der Waals surface area contributed by atoms with Gasteiger partial charge in [0.05, 0.1) is 19.8 Å². The van der Waals surface area contributed by atoms with Gasteiger partial charge in [-0.1, -0.05) is 38.1 Å². The second-order valence-corrected chi connectivity index (χ2v) is 5.04. The first-order chi connectivity index (χ1) is 9.24. The van der Waals surface area contributed by atoms with Gasteiger partial charge in [-0.2, -0.15) is 0 Å². The number of nitrogens with one attached hydrogen (secondary N) is 1. The summed E-state index contributed by atoms with van der Waals surface area (Å²) in [5.41, 5.74) is 2.58. The van der Waals surface area contributed by atoms with Crippen LogP contribution in [0.5, 0.6) is 0 Å².